The summed E-state index contributed by atoms with van der Waals surface area (Å²) in [7, 11) is 1.33. The third-order valence-corrected chi connectivity index (χ3v) is 4.75. The normalized spacial score (nSPS) is 12.2. The van der Waals surface area contributed by atoms with Crippen molar-refractivity contribution in [2.75, 3.05) is 7.05 Å². The number of hydrogen-bond donors (Lipinski definition) is 1. The summed E-state index contributed by atoms with van der Waals surface area (Å²) in [6, 6.07) is 2.24. The molecule has 0 aliphatic carbocycles. The first kappa shape index (κ1) is 19.8. The second-order valence-corrected chi connectivity index (χ2v) is 6.47. The molecular weight excluding hydrogens is 402 g/mol. The SMILES string of the molecule is C[C@H](c1n[nH]c(=O)c2cc(F)c(F)cc12)N(C)C(=O)c1cc(F)c(Cl)c(F)c1. The van der Waals surface area contributed by atoms with Crippen LogP contribution in [0.2, 0.25) is 5.02 Å². The number of rotatable bonds is 3. The molecule has 0 radical (unpaired) electrons. The van der Waals surface area contributed by atoms with Gasteiger partial charge in [0.25, 0.3) is 11.5 Å². The molecule has 1 amide bonds. The topological polar surface area (TPSA) is 66.1 Å². The summed E-state index contributed by atoms with van der Waals surface area (Å²) in [6.07, 6.45) is 0. The highest BCUT2D eigenvalue weighted by Crippen LogP contribution is 2.27. The molecule has 5 nitrogen and oxygen atoms in total. The Morgan fingerprint density at radius 1 is 1.04 bits per heavy atom. The molecule has 0 fully saturated rings. The molecule has 28 heavy (non-hydrogen) atoms. The summed E-state index contributed by atoms with van der Waals surface area (Å²) < 4.78 is 54.5. The van der Waals surface area contributed by atoms with Crippen LogP contribution in [0, 0.1) is 23.3 Å². The van der Waals surface area contributed by atoms with Gasteiger partial charge >= 0.3 is 0 Å². The number of hydrogen-bond acceptors (Lipinski definition) is 3. The zero-order chi connectivity index (χ0) is 20.7. The van der Waals surface area contributed by atoms with Crippen LogP contribution in [0.25, 0.3) is 10.8 Å². The van der Waals surface area contributed by atoms with E-state index in [9.17, 15) is 27.2 Å². The first-order valence-electron chi connectivity index (χ1n) is 7.90. The van der Waals surface area contributed by atoms with Gasteiger partial charge in [0.15, 0.2) is 11.6 Å². The summed E-state index contributed by atoms with van der Waals surface area (Å²) in [6.45, 7) is 1.50. The van der Waals surface area contributed by atoms with E-state index in [1.54, 1.807) is 0 Å². The summed E-state index contributed by atoms with van der Waals surface area (Å²) >= 11 is 5.42. The number of H-pyrrole nitrogens is 1. The van der Waals surface area contributed by atoms with Gasteiger partial charge < -0.3 is 4.90 Å². The summed E-state index contributed by atoms with van der Waals surface area (Å²) in [5, 5.41) is 5.11. The average Bonchev–Trinajstić information content (AvgIpc) is 2.66. The molecule has 0 spiro atoms. The predicted octanol–water partition coefficient (Wildman–Crippen LogP) is 3.97. The number of fused-ring (bicyclic) bond motifs is 1. The number of amides is 1. The Labute approximate surface area is 160 Å². The third-order valence-electron chi connectivity index (χ3n) is 4.39. The van der Waals surface area contributed by atoms with Gasteiger partial charge in [0, 0.05) is 18.0 Å². The van der Waals surface area contributed by atoms with Crippen LogP contribution < -0.4 is 5.56 Å². The highest BCUT2D eigenvalue weighted by atomic mass is 35.5. The molecule has 3 rings (SSSR count). The maximum Gasteiger partial charge on any atom is 0.272 e. The fraction of sp³-hybridized carbons (Fsp3) is 0.167. The van der Waals surface area contributed by atoms with Gasteiger partial charge in [-0.1, -0.05) is 11.6 Å². The molecule has 1 N–H and O–H groups in total. The molecule has 0 aliphatic rings. The van der Waals surface area contributed by atoms with Gasteiger partial charge in [0.2, 0.25) is 0 Å². The van der Waals surface area contributed by atoms with E-state index in [2.05, 4.69) is 10.2 Å². The summed E-state index contributed by atoms with van der Waals surface area (Å²) in [5.41, 5.74) is -0.973. The minimum absolute atomic E-state index is 0.00303. The van der Waals surface area contributed by atoms with Crippen LogP contribution in [-0.4, -0.2) is 28.1 Å². The zero-order valence-electron chi connectivity index (χ0n) is 14.5. The van der Waals surface area contributed by atoms with Gasteiger partial charge in [0.1, 0.15) is 16.7 Å². The quantitative estimate of drug-likeness (QED) is 0.522. The van der Waals surface area contributed by atoms with Gasteiger partial charge in [-0.3, -0.25) is 9.59 Å². The van der Waals surface area contributed by atoms with Crippen LogP contribution in [0.4, 0.5) is 17.6 Å². The van der Waals surface area contributed by atoms with Crippen molar-refractivity contribution in [1.29, 1.82) is 0 Å². The number of carbonyl (C=O) groups is 1. The molecular formula is C18H12ClF4N3O2. The van der Waals surface area contributed by atoms with E-state index in [-0.39, 0.29) is 22.0 Å². The Morgan fingerprint density at radius 2 is 1.57 bits per heavy atom. The monoisotopic (exact) mass is 413 g/mol. The van der Waals surface area contributed by atoms with Gasteiger partial charge in [0.05, 0.1) is 17.1 Å². The highest BCUT2D eigenvalue weighted by Gasteiger charge is 2.25. The van der Waals surface area contributed by atoms with E-state index in [0.29, 0.717) is 0 Å². The number of carbonyl (C=O) groups excluding carboxylic acids is 1. The lowest BCUT2D eigenvalue weighted by atomic mass is 10.0. The van der Waals surface area contributed by atoms with E-state index in [1.165, 1.54) is 14.0 Å². The molecule has 1 heterocycles. The Hall–Kier alpha value is -2.94. The summed E-state index contributed by atoms with van der Waals surface area (Å²) in [5.74, 6) is -5.37. The number of benzene rings is 2. The maximum absolute atomic E-state index is 13.7. The van der Waals surface area contributed by atoms with Crippen molar-refractivity contribution in [2.24, 2.45) is 0 Å². The third kappa shape index (κ3) is 3.33. The first-order chi connectivity index (χ1) is 13.1. The second kappa shape index (κ2) is 7.23. The minimum atomic E-state index is -1.21. The molecule has 3 aromatic rings. The molecule has 1 atom stereocenters. The van der Waals surface area contributed by atoms with Gasteiger partial charge in [-0.15, -0.1) is 0 Å². The van der Waals surface area contributed by atoms with Gasteiger partial charge in [-0.05, 0) is 31.2 Å². The van der Waals surface area contributed by atoms with E-state index < -0.39 is 45.8 Å². The van der Waals surface area contributed by atoms with Crippen LogP contribution in [0.1, 0.15) is 29.0 Å². The molecule has 10 heteroatoms. The Bertz CT molecular complexity index is 1140. The number of aromatic amines is 1. The number of aromatic nitrogens is 2. The lowest BCUT2D eigenvalue weighted by Crippen LogP contribution is -2.31. The molecule has 146 valence electrons. The molecule has 0 bridgehead atoms. The Kier molecular flexibility index (Phi) is 5.12. The standard InChI is InChI=1S/C18H12ClF4N3O2/c1-7(26(2)18(28)8-3-13(22)15(19)14(23)4-8)16-9-5-11(20)12(21)6-10(9)17(27)25-24-16/h3-7H,1-2H3,(H,25,27)/t7-/m1/s1. The Morgan fingerprint density at radius 3 is 2.14 bits per heavy atom. The smallest absolute Gasteiger partial charge is 0.272 e. The molecule has 0 aliphatic heterocycles. The van der Waals surface area contributed by atoms with Crippen LogP contribution in [0.3, 0.4) is 0 Å². The van der Waals surface area contributed by atoms with E-state index in [4.69, 9.17) is 11.6 Å². The number of halogens is 5. The molecule has 0 saturated heterocycles. The average molecular weight is 414 g/mol. The number of nitrogens with zero attached hydrogens (tertiary/aromatic N) is 2. The van der Waals surface area contributed by atoms with Gasteiger partial charge in [-0.25, -0.2) is 22.7 Å². The van der Waals surface area contributed by atoms with Crippen LogP contribution in [-0.2, 0) is 0 Å². The fourth-order valence-electron chi connectivity index (χ4n) is 2.74. The molecule has 0 unspecified atom stereocenters. The van der Waals surface area contributed by atoms with Crippen LogP contribution in [0.5, 0.6) is 0 Å². The lowest BCUT2D eigenvalue weighted by Gasteiger charge is -2.25. The van der Waals surface area contributed by atoms with E-state index >= 15 is 0 Å². The van der Waals surface area contributed by atoms with Crippen molar-refractivity contribution in [3.63, 3.8) is 0 Å². The van der Waals surface area contributed by atoms with E-state index in [0.717, 1.165) is 29.2 Å². The molecule has 1 aromatic heterocycles. The largest absolute Gasteiger partial charge is 0.333 e. The zero-order valence-corrected chi connectivity index (χ0v) is 15.2. The van der Waals surface area contributed by atoms with Crippen molar-refractivity contribution >= 4 is 28.3 Å². The summed E-state index contributed by atoms with van der Waals surface area (Å²) in [4.78, 5) is 25.6. The van der Waals surface area contributed by atoms with Crippen molar-refractivity contribution in [1.82, 2.24) is 15.1 Å². The van der Waals surface area contributed by atoms with Crippen molar-refractivity contribution < 1.29 is 22.4 Å². The highest BCUT2D eigenvalue weighted by molar-refractivity contribution is 6.31. The van der Waals surface area contributed by atoms with E-state index in [1.807, 2.05) is 0 Å². The predicted molar refractivity (Wildman–Crippen MR) is 94.2 cm³/mol. The Balaban J connectivity index is 2.05. The van der Waals surface area contributed by atoms with Crippen molar-refractivity contribution in [2.45, 2.75) is 13.0 Å². The lowest BCUT2D eigenvalue weighted by molar-refractivity contribution is 0.0739. The van der Waals surface area contributed by atoms with Crippen molar-refractivity contribution in [3.8, 4) is 0 Å². The maximum atomic E-state index is 13.7. The van der Waals surface area contributed by atoms with Gasteiger partial charge in [-0.2, -0.15) is 5.10 Å². The van der Waals surface area contributed by atoms with Crippen LogP contribution in [0.15, 0.2) is 29.1 Å². The van der Waals surface area contributed by atoms with Crippen molar-refractivity contribution in [3.05, 3.63) is 74.2 Å². The first-order valence-corrected chi connectivity index (χ1v) is 8.28. The number of nitrogens with one attached hydrogen (secondary N) is 1. The minimum Gasteiger partial charge on any atom is -0.333 e. The molecule has 0 saturated carbocycles. The van der Waals surface area contributed by atoms with Crippen LogP contribution >= 0.6 is 11.6 Å². The second-order valence-electron chi connectivity index (χ2n) is 6.10. The molecule has 2 aromatic carbocycles. The fourth-order valence-corrected chi connectivity index (χ4v) is 2.85.